The number of nitrogens with one attached hydrogen (secondary N) is 2. The molecule has 0 saturated carbocycles. The third-order valence-electron chi connectivity index (χ3n) is 4.38. The highest BCUT2D eigenvalue weighted by Gasteiger charge is 2.20. The number of hydrogen-bond acceptors (Lipinski definition) is 5. The number of rotatable bonds is 10. The quantitative estimate of drug-likeness (QED) is 0.567. The lowest BCUT2D eigenvalue weighted by atomic mass is 10.0. The summed E-state index contributed by atoms with van der Waals surface area (Å²) < 4.78 is 10.9. The SMILES string of the molecule is COc1cc(CNC(C(=O)O)C(C)C)ccc1OCC(=O)Nc1ccc(C)cc1. The van der Waals surface area contributed by atoms with Crippen LogP contribution in [0.1, 0.15) is 25.0 Å². The summed E-state index contributed by atoms with van der Waals surface area (Å²) in [6.45, 7) is 5.90. The lowest BCUT2D eigenvalue weighted by molar-refractivity contribution is -0.140. The molecule has 0 bridgehead atoms. The van der Waals surface area contributed by atoms with Gasteiger partial charge in [-0.25, -0.2) is 0 Å². The Bertz CT molecular complexity index is 834. The van der Waals surface area contributed by atoms with Gasteiger partial charge in [0.05, 0.1) is 7.11 Å². The smallest absolute Gasteiger partial charge is 0.320 e. The van der Waals surface area contributed by atoms with Crippen LogP contribution in [0.3, 0.4) is 0 Å². The molecular formula is C22H28N2O5. The number of carbonyl (C=O) groups is 2. The Morgan fingerprint density at radius 2 is 1.76 bits per heavy atom. The van der Waals surface area contributed by atoms with Gasteiger partial charge in [-0.2, -0.15) is 0 Å². The number of methoxy groups -OCH3 is 1. The molecule has 2 aromatic carbocycles. The first-order valence-corrected chi connectivity index (χ1v) is 9.42. The minimum Gasteiger partial charge on any atom is -0.493 e. The first-order chi connectivity index (χ1) is 13.8. The van der Waals surface area contributed by atoms with E-state index in [4.69, 9.17) is 9.47 Å². The predicted octanol–water partition coefficient (Wildman–Crippen LogP) is 3.22. The zero-order valence-electron chi connectivity index (χ0n) is 17.2. The average molecular weight is 400 g/mol. The highest BCUT2D eigenvalue weighted by Crippen LogP contribution is 2.28. The van der Waals surface area contributed by atoms with Crippen molar-refractivity contribution in [1.29, 1.82) is 0 Å². The number of benzene rings is 2. The van der Waals surface area contributed by atoms with Crippen LogP contribution in [0.25, 0.3) is 0 Å². The van der Waals surface area contributed by atoms with Gasteiger partial charge in [-0.15, -0.1) is 0 Å². The van der Waals surface area contributed by atoms with Crippen molar-refractivity contribution in [2.75, 3.05) is 19.0 Å². The van der Waals surface area contributed by atoms with Crippen molar-refractivity contribution in [1.82, 2.24) is 5.32 Å². The summed E-state index contributed by atoms with van der Waals surface area (Å²) in [5, 5.41) is 15.1. The zero-order valence-corrected chi connectivity index (χ0v) is 17.2. The number of ether oxygens (including phenoxy) is 2. The molecule has 0 radical (unpaired) electrons. The van der Waals surface area contributed by atoms with Gasteiger partial charge in [-0.05, 0) is 42.7 Å². The third-order valence-corrected chi connectivity index (χ3v) is 4.38. The molecule has 0 aliphatic carbocycles. The van der Waals surface area contributed by atoms with Gasteiger partial charge in [0.2, 0.25) is 0 Å². The Morgan fingerprint density at radius 1 is 1.07 bits per heavy atom. The average Bonchev–Trinajstić information content (AvgIpc) is 2.68. The van der Waals surface area contributed by atoms with Crippen molar-refractivity contribution in [3.05, 3.63) is 53.6 Å². The summed E-state index contributed by atoms with van der Waals surface area (Å²) in [5.74, 6) is -0.281. The maximum atomic E-state index is 12.1. The molecule has 0 aliphatic heterocycles. The van der Waals surface area contributed by atoms with Gasteiger partial charge in [0.1, 0.15) is 6.04 Å². The Balaban J connectivity index is 1.94. The van der Waals surface area contributed by atoms with Crippen molar-refractivity contribution in [2.24, 2.45) is 5.92 Å². The molecule has 1 atom stereocenters. The van der Waals surface area contributed by atoms with Crippen molar-refractivity contribution in [3.63, 3.8) is 0 Å². The molecule has 0 fully saturated rings. The second-order valence-electron chi connectivity index (χ2n) is 7.13. The van der Waals surface area contributed by atoms with E-state index in [9.17, 15) is 14.7 Å². The number of aliphatic carboxylic acids is 1. The number of amides is 1. The monoisotopic (exact) mass is 400 g/mol. The highest BCUT2D eigenvalue weighted by atomic mass is 16.5. The fourth-order valence-corrected chi connectivity index (χ4v) is 2.75. The minimum absolute atomic E-state index is 0.0379. The molecule has 1 unspecified atom stereocenters. The van der Waals surface area contributed by atoms with Gasteiger partial charge in [0.15, 0.2) is 18.1 Å². The maximum absolute atomic E-state index is 12.1. The van der Waals surface area contributed by atoms with Crippen LogP contribution < -0.4 is 20.1 Å². The lowest BCUT2D eigenvalue weighted by Crippen LogP contribution is -2.40. The van der Waals surface area contributed by atoms with Crippen molar-refractivity contribution < 1.29 is 24.2 Å². The Hall–Kier alpha value is -3.06. The van der Waals surface area contributed by atoms with Gasteiger partial charge in [-0.1, -0.05) is 37.6 Å². The highest BCUT2D eigenvalue weighted by molar-refractivity contribution is 5.91. The molecule has 0 aliphatic rings. The molecule has 0 heterocycles. The Labute approximate surface area is 171 Å². The molecule has 156 valence electrons. The topological polar surface area (TPSA) is 96.9 Å². The number of hydrogen-bond donors (Lipinski definition) is 3. The van der Waals surface area contributed by atoms with Crippen LogP contribution in [-0.2, 0) is 16.1 Å². The van der Waals surface area contributed by atoms with E-state index < -0.39 is 12.0 Å². The second-order valence-corrected chi connectivity index (χ2v) is 7.13. The molecule has 0 saturated heterocycles. The van der Waals surface area contributed by atoms with Crippen LogP contribution in [0.15, 0.2) is 42.5 Å². The van der Waals surface area contributed by atoms with Gasteiger partial charge < -0.3 is 25.2 Å². The molecule has 0 spiro atoms. The van der Waals surface area contributed by atoms with Crippen LogP contribution in [-0.4, -0.2) is 36.7 Å². The van der Waals surface area contributed by atoms with E-state index in [1.54, 1.807) is 12.1 Å². The van der Waals surface area contributed by atoms with Gasteiger partial charge in [-0.3, -0.25) is 9.59 Å². The predicted molar refractivity (Wildman–Crippen MR) is 111 cm³/mol. The molecule has 1 amide bonds. The molecule has 2 rings (SSSR count). The summed E-state index contributed by atoms with van der Waals surface area (Å²) in [4.78, 5) is 23.4. The van der Waals surface area contributed by atoms with E-state index in [0.717, 1.165) is 11.1 Å². The molecular weight excluding hydrogens is 372 g/mol. The van der Waals surface area contributed by atoms with Crippen LogP contribution in [0.2, 0.25) is 0 Å². The summed E-state index contributed by atoms with van der Waals surface area (Å²) in [7, 11) is 1.51. The molecule has 7 nitrogen and oxygen atoms in total. The third kappa shape index (κ3) is 6.80. The summed E-state index contributed by atoms with van der Waals surface area (Å²) >= 11 is 0. The first kappa shape index (κ1) is 22.2. The Kier molecular flexibility index (Phi) is 8.03. The normalized spacial score (nSPS) is 11.8. The van der Waals surface area contributed by atoms with E-state index >= 15 is 0 Å². The van der Waals surface area contributed by atoms with Crippen molar-refractivity contribution >= 4 is 17.6 Å². The maximum Gasteiger partial charge on any atom is 0.320 e. The van der Waals surface area contributed by atoms with Crippen LogP contribution in [0.5, 0.6) is 11.5 Å². The molecule has 3 N–H and O–H groups in total. The number of carbonyl (C=O) groups excluding carboxylic acids is 1. The van der Waals surface area contributed by atoms with Crippen molar-refractivity contribution in [3.8, 4) is 11.5 Å². The summed E-state index contributed by atoms with van der Waals surface area (Å²) in [5.41, 5.74) is 2.67. The number of aryl methyl sites for hydroxylation is 1. The van der Waals surface area contributed by atoms with E-state index in [0.29, 0.717) is 23.7 Å². The molecule has 29 heavy (non-hydrogen) atoms. The number of carboxylic acids is 1. The van der Waals surface area contributed by atoms with Crippen LogP contribution >= 0.6 is 0 Å². The van der Waals surface area contributed by atoms with Crippen molar-refractivity contribution in [2.45, 2.75) is 33.4 Å². The minimum atomic E-state index is -0.883. The largest absolute Gasteiger partial charge is 0.493 e. The molecule has 7 heteroatoms. The molecule has 0 aromatic heterocycles. The summed E-state index contributed by atoms with van der Waals surface area (Å²) in [6, 6.07) is 12.1. The van der Waals surface area contributed by atoms with E-state index in [1.807, 2.05) is 51.1 Å². The van der Waals surface area contributed by atoms with Gasteiger partial charge >= 0.3 is 5.97 Å². The zero-order chi connectivity index (χ0) is 21.4. The van der Waals surface area contributed by atoms with Crippen LogP contribution in [0.4, 0.5) is 5.69 Å². The van der Waals surface area contributed by atoms with E-state index in [1.165, 1.54) is 7.11 Å². The fraction of sp³-hybridized carbons (Fsp3) is 0.364. The Morgan fingerprint density at radius 3 is 2.34 bits per heavy atom. The fourth-order valence-electron chi connectivity index (χ4n) is 2.75. The second kappa shape index (κ2) is 10.5. The van der Waals surface area contributed by atoms with E-state index in [2.05, 4.69) is 10.6 Å². The van der Waals surface area contributed by atoms with Gasteiger partial charge in [0, 0.05) is 12.2 Å². The molecule has 2 aromatic rings. The van der Waals surface area contributed by atoms with Crippen LogP contribution in [0, 0.1) is 12.8 Å². The first-order valence-electron chi connectivity index (χ1n) is 9.42. The number of anilines is 1. The number of carboxylic acid groups (broad SMARTS) is 1. The summed E-state index contributed by atoms with van der Waals surface area (Å²) in [6.07, 6.45) is 0. The lowest BCUT2D eigenvalue weighted by Gasteiger charge is -2.18. The van der Waals surface area contributed by atoms with E-state index in [-0.39, 0.29) is 18.4 Å². The standard InChI is InChI=1S/C22H28N2O5/c1-14(2)21(22(26)27)23-12-16-7-10-18(19(11-16)28-4)29-13-20(25)24-17-8-5-15(3)6-9-17/h5-11,14,21,23H,12-13H2,1-4H3,(H,24,25)(H,26,27). The van der Waals surface area contributed by atoms with Gasteiger partial charge in [0.25, 0.3) is 5.91 Å².